The summed E-state index contributed by atoms with van der Waals surface area (Å²) in [5.41, 5.74) is -1.61. The van der Waals surface area contributed by atoms with E-state index in [9.17, 15) is 15.3 Å². The van der Waals surface area contributed by atoms with Crippen molar-refractivity contribution in [1.82, 2.24) is 0 Å². The lowest BCUT2D eigenvalue weighted by Gasteiger charge is -2.52. The van der Waals surface area contributed by atoms with Crippen LogP contribution in [0.4, 0.5) is 0 Å². The van der Waals surface area contributed by atoms with Crippen molar-refractivity contribution in [2.45, 2.75) is 99.6 Å². The van der Waals surface area contributed by atoms with Gasteiger partial charge in [0.25, 0.3) is 0 Å². The van der Waals surface area contributed by atoms with E-state index >= 15 is 0 Å². The summed E-state index contributed by atoms with van der Waals surface area (Å²) in [5, 5.41) is 33.5. The summed E-state index contributed by atoms with van der Waals surface area (Å²) in [6, 6.07) is 0. The molecule has 0 spiro atoms. The second-order valence-corrected chi connectivity index (χ2v) is 12.6. The van der Waals surface area contributed by atoms with Crippen LogP contribution in [0.5, 0.6) is 0 Å². The normalized spacial score (nSPS) is 55.8. The van der Waals surface area contributed by atoms with E-state index in [0.29, 0.717) is 22.5 Å². The first-order valence-corrected chi connectivity index (χ1v) is 11.5. The van der Waals surface area contributed by atoms with Crippen LogP contribution in [-0.4, -0.2) is 42.3 Å². The van der Waals surface area contributed by atoms with Gasteiger partial charge in [0.1, 0.15) is 0 Å². The fourth-order valence-corrected chi connectivity index (χ4v) is 7.63. The maximum atomic E-state index is 11.4. The molecule has 0 aromatic carbocycles. The number of alkyl halides is 2. The fourth-order valence-electron chi connectivity index (χ4n) is 6.54. The van der Waals surface area contributed by atoms with Crippen molar-refractivity contribution in [1.29, 1.82) is 0 Å². The lowest BCUT2D eigenvalue weighted by atomic mass is 9.58. The van der Waals surface area contributed by atoms with Gasteiger partial charge in [-0.1, -0.05) is 52.6 Å². The first-order chi connectivity index (χ1) is 11.3. The van der Waals surface area contributed by atoms with Crippen LogP contribution < -0.4 is 0 Å². The predicted octanol–water partition coefficient (Wildman–Crippen LogP) is 4.39. The Balaban J connectivity index is 1.86. The zero-order valence-electron chi connectivity index (χ0n) is 15.9. The molecule has 0 radical (unpaired) electrons. The van der Waals surface area contributed by atoms with Crippen LogP contribution in [0.15, 0.2) is 0 Å². The van der Waals surface area contributed by atoms with E-state index in [-0.39, 0.29) is 22.7 Å². The van der Waals surface area contributed by atoms with Gasteiger partial charge in [0.15, 0.2) is 0 Å². The second kappa shape index (κ2) is 6.43. The van der Waals surface area contributed by atoms with Gasteiger partial charge < -0.3 is 15.3 Å². The molecule has 3 N–H and O–H groups in total. The van der Waals surface area contributed by atoms with Crippen LogP contribution in [0.1, 0.15) is 72.6 Å². The Kier molecular flexibility index (Phi) is 5.29. The summed E-state index contributed by atoms with van der Waals surface area (Å²) in [5.74, 6) is -0.0324. The maximum absolute atomic E-state index is 11.4. The molecule has 0 aromatic rings. The number of hydrogen-bond acceptors (Lipinski definition) is 3. The molecule has 25 heavy (non-hydrogen) atoms. The molecule has 0 unspecified atom stereocenters. The van der Waals surface area contributed by atoms with Gasteiger partial charge in [-0.15, -0.1) is 0 Å². The molecule has 0 aliphatic heterocycles. The summed E-state index contributed by atoms with van der Waals surface area (Å²) < 4.78 is 0. The van der Waals surface area contributed by atoms with Gasteiger partial charge in [0.2, 0.25) is 0 Å². The number of hydrogen-bond donors (Lipinski definition) is 3. The molecule has 0 saturated heterocycles. The van der Waals surface area contributed by atoms with Crippen LogP contribution >= 0.6 is 31.9 Å². The number of aliphatic hydroxyl groups excluding tert-OH is 1. The third kappa shape index (κ3) is 3.50. The SMILES string of the molecule is CC1(C)C[C@@](O)(C[C@@H]2[C@H](O)C[C@]3(C)[C@@H](Br)CC[C@@](C)(O)[C@@H]23)CC[C@@H]1Br. The second-order valence-electron chi connectivity index (χ2n) is 10.4. The van der Waals surface area contributed by atoms with Crippen LogP contribution in [0, 0.1) is 22.7 Å². The molecule has 3 nitrogen and oxygen atoms in total. The largest absolute Gasteiger partial charge is 0.393 e. The molecule has 3 rings (SSSR count). The van der Waals surface area contributed by atoms with Crippen molar-refractivity contribution < 1.29 is 15.3 Å². The van der Waals surface area contributed by atoms with Crippen LogP contribution in [0.25, 0.3) is 0 Å². The van der Waals surface area contributed by atoms with E-state index in [1.807, 2.05) is 6.92 Å². The molecule has 0 amide bonds. The van der Waals surface area contributed by atoms with Gasteiger partial charge in [-0.2, -0.15) is 0 Å². The van der Waals surface area contributed by atoms with Gasteiger partial charge >= 0.3 is 0 Å². The average molecular weight is 482 g/mol. The quantitative estimate of drug-likeness (QED) is 0.512. The topological polar surface area (TPSA) is 60.7 Å². The molecule has 3 aliphatic carbocycles. The van der Waals surface area contributed by atoms with Crippen molar-refractivity contribution in [3.63, 3.8) is 0 Å². The van der Waals surface area contributed by atoms with E-state index in [0.717, 1.165) is 32.1 Å². The van der Waals surface area contributed by atoms with E-state index in [1.54, 1.807) is 0 Å². The smallest absolute Gasteiger partial charge is 0.0657 e. The monoisotopic (exact) mass is 480 g/mol. The highest BCUT2D eigenvalue weighted by molar-refractivity contribution is 9.09. The standard InChI is InChI=1S/C20H34Br2O3/c1-17(2)11-20(25,8-6-14(17)21)9-12-13(23)10-18(3)15(22)5-7-19(4,24)16(12)18/h12-16,23-25H,5-11H2,1-4H3/t12-,13-,14+,15+,16+,18-,19-,20+/m1/s1. The highest BCUT2D eigenvalue weighted by Gasteiger charge is 2.62. The first kappa shape index (κ1) is 20.6. The number of aliphatic hydroxyl groups is 3. The molecule has 3 aliphatic rings. The highest BCUT2D eigenvalue weighted by atomic mass is 79.9. The van der Waals surface area contributed by atoms with Gasteiger partial charge in [0, 0.05) is 9.65 Å². The summed E-state index contributed by atoms with van der Waals surface area (Å²) in [6.45, 7) is 8.55. The Morgan fingerprint density at radius 3 is 2.16 bits per heavy atom. The molecular weight excluding hydrogens is 448 g/mol. The van der Waals surface area contributed by atoms with Crippen molar-refractivity contribution >= 4 is 31.9 Å². The Morgan fingerprint density at radius 2 is 1.56 bits per heavy atom. The number of rotatable bonds is 2. The van der Waals surface area contributed by atoms with Gasteiger partial charge in [0.05, 0.1) is 17.3 Å². The maximum Gasteiger partial charge on any atom is 0.0657 e. The Labute approximate surface area is 169 Å². The minimum atomic E-state index is -0.778. The van der Waals surface area contributed by atoms with Crippen molar-refractivity contribution in [3.8, 4) is 0 Å². The lowest BCUT2D eigenvalue weighted by Crippen LogP contribution is -2.54. The minimum Gasteiger partial charge on any atom is -0.393 e. The lowest BCUT2D eigenvalue weighted by molar-refractivity contribution is -0.120. The zero-order valence-corrected chi connectivity index (χ0v) is 19.1. The molecule has 3 saturated carbocycles. The molecule has 146 valence electrons. The Hall–Kier alpha value is 0.840. The van der Waals surface area contributed by atoms with Crippen molar-refractivity contribution in [2.24, 2.45) is 22.7 Å². The molecule has 0 aromatic heterocycles. The molecule has 8 atom stereocenters. The first-order valence-electron chi connectivity index (χ1n) is 9.72. The Morgan fingerprint density at radius 1 is 0.960 bits per heavy atom. The van der Waals surface area contributed by atoms with Crippen LogP contribution in [0.2, 0.25) is 0 Å². The molecule has 5 heteroatoms. The van der Waals surface area contributed by atoms with Crippen LogP contribution in [-0.2, 0) is 0 Å². The summed E-state index contributed by atoms with van der Waals surface area (Å²) in [4.78, 5) is 0.734. The average Bonchev–Trinajstić information content (AvgIpc) is 2.72. The molecular formula is C20H34Br2O3. The third-order valence-electron chi connectivity index (χ3n) is 7.68. The minimum absolute atomic E-state index is 0.0157. The van der Waals surface area contributed by atoms with E-state index < -0.39 is 17.3 Å². The Bertz CT molecular complexity index is 523. The number of fused-ring (bicyclic) bond motifs is 1. The molecule has 0 bridgehead atoms. The molecule has 3 fully saturated rings. The van der Waals surface area contributed by atoms with Crippen molar-refractivity contribution in [2.75, 3.05) is 0 Å². The third-order valence-corrected chi connectivity index (χ3v) is 10.9. The predicted molar refractivity (Wildman–Crippen MR) is 108 cm³/mol. The zero-order chi connectivity index (χ0) is 18.8. The van der Waals surface area contributed by atoms with E-state index in [1.165, 1.54) is 0 Å². The van der Waals surface area contributed by atoms with Crippen LogP contribution in [0.3, 0.4) is 0 Å². The van der Waals surface area contributed by atoms with Gasteiger partial charge in [-0.3, -0.25) is 0 Å². The van der Waals surface area contributed by atoms with E-state index in [4.69, 9.17) is 0 Å². The van der Waals surface area contributed by atoms with Gasteiger partial charge in [-0.05, 0) is 74.5 Å². The number of halogens is 2. The van der Waals surface area contributed by atoms with E-state index in [2.05, 4.69) is 52.6 Å². The summed E-state index contributed by atoms with van der Waals surface area (Å²) in [7, 11) is 0. The molecule has 0 heterocycles. The van der Waals surface area contributed by atoms with Crippen molar-refractivity contribution in [3.05, 3.63) is 0 Å². The summed E-state index contributed by atoms with van der Waals surface area (Å²) >= 11 is 7.60. The van der Waals surface area contributed by atoms with Gasteiger partial charge in [-0.25, -0.2) is 0 Å². The highest BCUT2D eigenvalue weighted by Crippen LogP contribution is 2.62. The fraction of sp³-hybridized carbons (Fsp3) is 1.00. The summed E-state index contributed by atoms with van der Waals surface area (Å²) in [6.07, 6.45) is 4.98.